The van der Waals surface area contributed by atoms with Crippen molar-refractivity contribution >= 4 is 28.6 Å². The van der Waals surface area contributed by atoms with Crippen molar-refractivity contribution in [2.24, 2.45) is 0 Å². The Morgan fingerprint density at radius 1 is 1.31 bits per heavy atom. The highest BCUT2D eigenvalue weighted by Crippen LogP contribution is 2.39. The Balaban J connectivity index is 1.43. The van der Waals surface area contributed by atoms with E-state index in [-0.39, 0.29) is 12.5 Å². The molecule has 4 rings (SSSR count). The zero-order chi connectivity index (χ0) is 17.8. The number of carbonyl (C=O) groups is 1. The number of rotatable bonds is 6. The van der Waals surface area contributed by atoms with Crippen LogP contribution in [0.4, 0.5) is 0 Å². The van der Waals surface area contributed by atoms with E-state index in [0.717, 1.165) is 28.1 Å². The summed E-state index contributed by atoms with van der Waals surface area (Å²) < 4.78 is 5.87. The number of nitrogens with zero attached hydrogens (tertiary/aromatic N) is 1. The molecule has 3 heterocycles. The summed E-state index contributed by atoms with van der Waals surface area (Å²) in [5.74, 6) is 3.52. The van der Waals surface area contributed by atoms with E-state index in [1.54, 1.807) is 6.20 Å². The van der Waals surface area contributed by atoms with Crippen molar-refractivity contribution in [2.75, 3.05) is 18.1 Å². The molecular formula is C20H21N3O2S. The summed E-state index contributed by atoms with van der Waals surface area (Å²) in [6.45, 7) is 0.401. The molecule has 0 aliphatic carbocycles. The number of hydrogen-bond acceptors (Lipinski definition) is 4. The molecule has 2 aromatic heterocycles. The zero-order valence-electron chi connectivity index (χ0n) is 14.4. The van der Waals surface area contributed by atoms with E-state index in [1.807, 2.05) is 42.1 Å². The lowest BCUT2D eigenvalue weighted by Crippen LogP contribution is -2.28. The van der Waals surface area contributed by atoms with Crippen molar-refractivity contribution in [3.63, 3.8) is 0 Å². The van der Waals surface area contributed by atoms with E-state index in [2.05, 4.69) is 27.5 Å². The van der Waals surface area contributed by atoms with Crippen LogP contribution in [0.3, 0.4) is 0 Å². The molecule has 3 aromatic rings. The van der Waals surface area contributed by atoms with Crippen LogP contribution in [-0.4, -0.2) is 34.0 Å². The van der Waals surface area contributed by atoms with Crippen LogP contribution in [0.2, 0.25) is 0 Å². The molecule has 1 atom stereocenters. The Kier molecular flexibility index (Phi) is 5.11. The Labute approximate surface area is 156 Å². The van der Waals surface area contributed by atoms with E-state index < -0.39 is 0 Å². The van der Waals surface area contributed by atoms with Crippen LogP contribution in [-0.2, 0) is 11.3 Å². The van der Waals surface area contributed by atoms with Gasteiger partial charge in [-0.15, -0.1) is 0 Å². The van der Waals surface area contributed by atoms with Gasteiger partial charge in [0, 0.05) is 29.0 Å². The van der Waals surface area contributed by atoms with Crippen molar-refractivity contribution in [1.82, 2.24) is 15.3 Å². The molecule has 1 aromatic carbocycles. The van der Waals surface area contributed by atoms with Crippen molar-refractivity contribution in [2.45, 2.75) is 18.9 Å². The van der Waals surface area contributed by atoms with Gasteiger partial charge in [-0.1, -0.05) is 12.1 Å². The molecule has 0 radical (unpaired) electrons. The van der Waals surface area contributed by atoms with Crippen molar-refractivity contribution in [3.05, 3.63) is 60.0 Å². The molecule has 6 heteroatoms. The Bertz CT molecular complexity index is 888. The molecular weight excluding hydrogens is 346 g/mol. The van der Waals surface area contributed by atoms with E-state index in [1.165, 1.54) is 17.7 Å². The first-order valence-corrected chi connectivity index (χ1v) is 9.94. The monoisotopic (exact) mass is 367 g/mol. The molecule has 134 valence electrons. The highest BCUT2D eigenvalue weighted by molar-refractivity contribution is 7.99. The first kappa shape index (κ1) is 17.0. The number of fused-ring (bicyclic) bond motifs is 1. The predicted octanol–water partition coefficient (Wildman–Crippen LogP) is 3.48. The summed E-state index contributed by atoms with van der Waals surface area (Å²) in [6, 6.07) is 11.6. The third-order valence-corrected chi connectivity index (χ3v) is 5.78. The number of hydrogen-bond donors (Lipinski definition) is 2. The second-order valence-electron chi connectivity index (χ2n) is 6.37. The molecule has 1 unspecified atom stereocenters. The summed E-state index contributed by atoms with van der Waals surface area (Å²) >= 11 is 1.99. The number of carbonyl (C=O) groups excluding carboxylic acids is 1. The average molecular weight is 367 g/mol. The molecule has 26 heavy (non-hydrogen) atoms. The average Bonchev–Trinajstić information content (AvgIpc) is 3.35. The molecule has 0 saturated carbocycles. The second-order valence-corrected chi connectivity index (χ2v) is 7.52. The number of aromatic nitrogens is 2. The molecule has 1 aliphatic rings. The van der Waals surface area contributed by atoms with Gasteiger partial charge < -0.3 is 15.0 Å². The first-order valence-electron chi connectivity index (χ1n) is 8.78. The molecule has 0 bridgehead atoms. The quantitative estimate of drug-likeness (QED) is 0.700. The number of pyridine rings is 1. The van der Waals surface area contributed by atoms with Crippen molar-refractivity contribution < 1.29 is 9.53 Å². The summed E-state index contributed by atoms with van der Waals surface area (Å²) in [4.78, 5) is 19.7. The molecule has 1 aliphatic heterocycles. The summed E-state index contributed by atoms with van der Waals surface area (Å²) in [5.41, 5.74) is 3.19. The maximum Gasteiger partial charge on any atom is 0.258 e. The molecule has 1 amide bonds. The lowest BCUT2D eigenvalue weighted by Gasteiger charge is -2.12. The Morgan fingerprint density at radius 2 is 2.27 bits per heavy atom. The van der Waals surface area contributed by atoms with Crippen LogP contribution in [0, 0.1) is 0 Å². The van der Waals surface area contributed by atoms with Gasteiger partial charge in [-0.25, -0.2) is 0 Å². The summed E-state index contributed by atoms with van der Waals surface area (Å²) in [7, 11) is 0. The molecule has 1 saturated heterocycles. The largest absolute Gasteiger partial charge is 0.483 e. The van der Waals surface area contributed by atoms with Crippen molar-refractivity contribution in [3.8, 4) is 5.75 Å². The number of H-pyrrole nitrogens is 1. The Hall–Kier alpha value is -2.47. The van der Waals surface area contributed by atoms with Gasteiger partial charge in [0.15, 0.2) is 6.61 Å². The first-order chi connectivity index (χ1) is 12.8. The fraction of sp³-hybridized carbons (Fsp3) is 0.300. The standard InChI is InChI=1S/C20H21N3O2S/c24-19(23-10-15-4-1-2-8-21-15)12-25-18-6-3-5-17-20(18)16(11-22-17)14-7-9-26-13-14/h1-6,8,11,14,22H,7,9-10,12-13H2,(H,23,24). The second kappa shape index (κ2) is 7.83. The van der Waals surface area contributed by atoms with Gasteiger partial charge in [0.05, 0.1) is 12.2 Å². The van der Waals surface area contributed by atoms with E-state index in [9.17, 15) is 4.79 Å². The van der Waals surface area contributed by atoms with Gasteiger partial charge in [0.1, 0.15) is 5.75 Å². The van der Waals surface area contributed by atoms with E-state index in [4.69, 9.17) is 4.74 Å². The van der Waals surface area contributed by atoms with Crippen LogP contribution in [0.25, 0.3) is 10.9 Å². The maximum absolute atomic E-state index is 12.1. The van der Waals surface area contributed by atoms with E-state index >= 15 is 0 Å². The van der Waals surface area contributed by atoms with Crippen LogP contribution in [0.15, 0.2) is 48.8 Å². The van der Waals surface area contributed by atoms with Crippen LogP contribution in [0.5, 0.6) is 5.75 Å². The van der Waals surface area contributed by atoms with Crippen LogP contribution in [0.1, 0.15) is 23.6 Å². The summed E-state index contributed by atoms with van der Waals surface area (Å²) in [5, 5.41) is 3.95. The lowest BCUT2D eigenvalue weighted by molar-refractivity contribution is -0.123. The number of thioether (sulfide) groups is 1. The fourth-order valence-corrected chi connectivity index (χ4v) is 4.53. The Morgan fingerprint density at radius 3 is 3.08 bits per heavy atom. The molecule has 0 spiro atoms. The third kappa shape index (κ3) is 3.70. The number of ether oxygens (including phenoxy) is 1. The molecule has 2 N–H and O–H groups in total. The van der Waals surface area contributed by atoms with E-state index in [0.29, 0.717) is 12.5 Å². The highest BCUT2D eigenvalue weighted by Gasteiger charge is 2.22. The fourth-order valence-electron chi connectivity index (χ4n) is 3.29. The summed E-state index contributed by atoms with van der Waals surface area (Å²) in [6.07, 6.45) is 5.00. The minimum atomic E-state index is -0.152. The smallest absolute Gasteiger partial charge is 0.258 e. The van der Waals surface area contributed by atoms with Crippen LogP contribution >= 0.6 is 11.8 Å². The van der Waals surface area contributed by atoms with Gasteiger partial charge in [0.25, 0.3) is 5.91 Å². The highest BCUT2D eigenvalue weighted by atomic mass is 32.2. The number of nitrogens with one attached hydrogen (secondary N) is 2. The SMILES string of the molecule is O=C(COc1cccc2[nH]cc(C3CCSC3)c12)NCc1ccccn1. The predicted molar refractivity (Wildman–Crippen MR) is 105 cm³/mol. The molecule has 1 fully saturated rings. The van der Waals surface area contributed by atoms with Gasteiger partial charge in [-0.2, -0.15) is 11.8 Å². The zero-order valence-corrected chi connectivity index (χ0v) is 15.2. The topological polar surface area (TPSA) is 67.0 Å². The number of aromatic amines is 1. The normalized spacial score (nSPS) is 16.7. The molecule has 5 nitrogen and oxygen atoms in total. The van der Waals surface area contributed by atoms with Crippen LogP contribution < -0.4 is 10.1 Å². The maximum atomic E-state index is 12.1. The van der Waals surface area contributed by atoms with Gasteiger partial charge in [-0.3, -0.25) is 9.78 Å². The number of amides is 1. The van der Waals surface area contributed by atoms with Gasteiger partial charge in [0.2, 0.25) is 0 Å². The van der Waals surface area contributed by atoms with Gasteiger partial charge in [-0.05, 0) is 47.9 Å². The van der Waals surface area contributed by atoms with Crippen molar-refractivity contribution in [1.29, 1.82) is 0 Å². The lowest BCUT2D eigenvalue weighted by atomic mass is 9.98. The minimum Gasteiger partial charge on any atom is -0.483 e. The minimum absolute atomic E-state index is 0.00398. The number of benzene rings is 1. The van der Waals surface area contributed by atoms with Gasteiger partial charge >= 0.3 is 0 Å². The third-order valence-electron chi connectivity index (χ3n) is 4.62.